The van der Waals surface area contributed by atoms with E-state index in [1.807, 2.05) is 17.5 Å². The van der Waals surface area contributed by atoms with Gasteiger partial charge in [-0.2, -0.15) is 10.1 Å². The molecule has 0 spiro atoms. The summed E-state index contributed by atoms with van der Waals surface area (Å²) in [6, 6.07) is 4.03. The number of aromatic nitrogens is 4. The second kappa shape index (κ2) is 4.02. The van der Waals surface area contributed by atoms with Crippen molar-refractivity contribution in [2.75, 3.05) is 5.73 Å². The predicted octanol–water partition coefficient (Wildman–Crippen LogP) is 1.69. The lowest BCUT2D eigenvalue weighted by Gasteiger charge is -1.89. The minimum Gasteiger partial charge on any atom is -0.383 e. The van der Waals surface area contributed by atoms with Crippen LogP contribution >= 0.6 is 11.3 Å². The van der Waals surface area contributed by atoms with E-state index in [0.29, 0.717) is 29.5 Å². The average Bonchev–Trinajstić information content (AvgIpc) is 3.00. The maximum absolute atomic E-state index is 5.67. The van der Waals surface area contributed by atoms with Crippen LogP contribution in [-0.2, 0) is 6.42 Å². The molecule has 3 rings (SSSR count). The maximum Gasteiger partial charge on any atom is 0.263 e. The molecule has 0 unspecified atom stereocenters. The van der Waals surface area contributed by atoms with Gasteiger partial charge in [-0.1, -0.05) is 11.2 Å². The molecule has 7 heteroatoms. The minimum absolute atomic E-state index is 0.391. The van der Waals surface area contributed by atoms with Crippen molar-refractivity contribution in [3.05, 3.63) is 34.4 Å². The second-order valence-electron chi connectivity index (χ2n) is 3.47. The molecule has 3 aromatic heterocycles. The molecular formula is C10H9N5OS. The van der Waals surface area contributed by atoms with Crippen molar-refractivity contribution in [2.24, 2.45) is 0 Å². The van der Waals surface area contributed by atoms with Crippen LogP contribution in [-0.4, -0.2) is 20.3 Å². The van der Waals surface area contributed by atoms with Gasteiger partial charge in [0.05, 0.1) is 6.20 Å². The first-order valence-electron chi connectivity index (χ1n) is 4.97. The molecule has 0 atom stereocenters. The summed E-state index contributed by atoms with van der Waals surface area (Å²) in [5, 5.41) is 12.4. The molecule has 3 aromatic rings. The maximum atomic E-state index is 5.67. The molecule has 17 heavy (non-hydrogen) atoms. The SMILES string of the molecule is Nc1[nH]ncc1-c1nc(Cc2cccs2)no1. The van der Waals surface area contributed by atoms with Gasteiger partial charge in [0.1, 0.15) is 11.4 Å². The molecule has 0 saturated heterocycles. The van der Waals surface area contributed by atoms with Crippen molar-refractivity contribution in [3.63, 3.8) is 0 Å². The van der Waals surface area contributed by atoms with Gasteiger partial charge in [0, 0.05) is 11.3 Å². The third-order valence-corrected chi connectivity index (χ3v) is 3.16. The number of hydrogen-bond acceptors (Lipinski definition) is 6. The first-order chi connectivity index (χ1) is 8.33. The fraction of sp³-hybridized carbons (Fsp3) is 0.100. The highest BCUT2D eigenvalue weighted by molar-refractivity contribution is 7.09. The standard InChI is InChI=1S/C10H9N5OS/c11-9-7(5-12-14-9)10-13-8(15-16-10)4-6-2-1-3-17-6/h1-3,5H,4H2,(H3,11,12,14). The summed E-state index contributed by atoms with van der Waals surface area (Å²) in [5.74, 6) is 1.46. The Labute approximate surface area is 100 Å². The minimum atomic E-state index is 0.391. The molecule has 0 amide bonds. The van der Waals surface area contributed by atoms with Crippen molar-refractivity contribution < 1.29 is 4.52 Å². The van der Waals surface area contributed by atoms with E-state index in [2.05, 4.69) is 20.3 Å². The van der Waals surface area contributed by atoms with E-state index in [-0.39, 0.29) is 0 Å². The summed E-state index contributed by atoms with van der Waals surface area (Å²) in [7, 11) is 0. The Morgan fingerprint density at radius 3 is 3.12 bits per heavy atom. The number of nitrogens with zero attached hydrogens (tertiary/aromatic N) is 3. The number of H-pyrrole nitrogens is 1. The van der Waals surface area contributed by atoms with Gasteiger partial charge >= 0.3 is 0 Å². The summed E-state index contributed by atoms with van der Waals surface area (Å²) in [5.41, 5.74) is 6.31. The molecule has 0 radical (unpaired) electrons. The van der Waals surface area contributed by atoms with Gasteiger partial charge in [0.25, 0.3) is 5.89 Å². The van der Waals surface area contributed by atoms with E-state index in [4.69, 9.17) is 10.3 Å². The van der Waals surface area contributed by atoms with Crippen molar-refractivity contribution in [2.45, 2.75) is 6.42 Å². The zero-order chi connectivity index (χ0) is 11.7. The molecule has 0 fully saturated rings. The highest BCUT2D eigenvalue weighted by Crippen LogP contribution is 2.22. The summed E-state index contributed by atoms with van der Waals surface area (Å²) in [6.07, 6.45) is 2.23. The van der Waals surface area contributed by atoms with Crippen LogP contribution in [0.2, 0.25) is 0 Å². The van der Waals surface area contributed by atoms with Gasteiger partial charge in [-0.05, 0) is 11.4 Å². The lowest BCUT2D eigenvalue weighted by Crippen LogP contribution is -1.89. The molecule has 0 aliphatic carbocycles. The number of thiophene rings is 1. The van der Waals surface area contributed by atoms with Gasteiger partial charge in [-0.25, -0.2) is 0 Å². The fourth-order valence-corrected chi connectivity index (χ4v) is 2.17. The van der Waals surface area contributed by atoms with Crippen molar-refractivity contribution in [1.82, 2.24) is 20.3 Å². The Bertz CT molecular complexity index is 612. The van der Waals surface area contributed by atoms with Gasteiger partial charge in [-0.3, -0.25) is 5.10 Å². The summed E-state index contributed by atoms with van der Waals surface area (Å²) in [4.78, 5) is 5.47. The van der Waals surface area contributed by atoms with Crippen molar-refractivity contribution in [1.29, 1.82) is 0 Å². The number of nitrogens with two attached hydrogens (primary N) is 1. The highest BCUT2D eigenvalue weighted by Gasteiger charge is 2.13. The third kappa shape index (κ3) is 1.92. The van der Waals surface area contributed by atoms with Gasteiger partial charge in [0.15, 0.2) is 5.82 Å². The lowest BCUT2D eigenvalue weighted by atomic mass is 10.3. The topological polar surface area (TPSA) is 93.6 Å². The summed E-state index contributed by atoms with van der Waals surface area (Å²) >= 11 is 1.66. The smallest absolute Gasteiger partial charge is 0.263 e. The second-order valence-corrected chi connectivity index (χ2v) is 4.50. The van der Waals surface area contributed by atoms with Crippen molar-refractivity contribution >= 4 is 17.2 Å². The Hall–Kier alpha value is -2.15. The molecule has 3 N–H and O–H groups in total. The molecule has 0 aromatic carbocycles. The van der Waals surface area contributed by atoms with E-state index >= 15 is 0 Å². The van der Waals surface area contributed by atoms with Crippen LogP contribution in [0.3, 0.4) is 0 Å². The molecule has 0 aliphatic rings. The van der Waals surface area contributed by atoms with E-state index in [9.17, 15) is 0 Å². The van der Waals surface area contributed by atoms with E-state index < -0.39 is 0 Å². The predicted molar refractivity (Wildman–Crippen MR) is 63.4 cm³/mol. The van der Waals surface area contributed by atoms with Crippen LogP contribution in [0, 0.1) is 0 Å². The molecular weight excluding hydrogens is 238 g/mol. The number of anilines is 1. The monoisotopic (exact) mass is 247 g/mol. The zero-order valence-corrected chi connectivity index (χ0v) is 9.57. The molecule has 3 heterocycles. The molecule has 0 bridgehead atoms. The molecule has 86 valence electrons. The number of nitrogens with one attached hydrogen (secondary N) is 1. The van der Waals surface area contributed by atoms with Gasteiger partial charge < -0.3 is 10.3 Å². The lowest BCUT2D eigenvalue weighted by molar-refractivity contribution is 0.424. The third-order valence-electron chi connectivity index (χ3n) is 2.28. The zero-order valence-electron chi connectivity index (χ0n) is 8.75. The summed E-state index contributed by atoms with van der Waals surface area (Å²) < 4.78 is 5.14. The number of nitrogen functional groups attached to an aromatic ring is 1. The van der Waals surface area contributed by atoms with Gasteiger partial charge in [-0.15, -0.1) is 11.3 Å². The van der Waals surface area contributed by atoms with E-state index in [1.54, 1.807) is 17.5 Å². The van der Waals surface area contributed by atoms with E-state index in [0.717, 1.165) is 0 Å². The molecule has 6 nitrogen and oxygen atoms in total. The van der Waals surface area contributed by atoms with Crippen LogP contribution in [0.5, 0.6) is 0 Å². The quantitative estimate of drug-likeness (QED) is 0.734. The van der Waals surface area contributed by atoms with Crippen LogP contribution in [0.15, 0.2) is 28.2 Å². The van der Waals surface area contributed by atoms with Crippen LogP contribution in [0.1, 0.15) is 10.7 Å². The number of hydrogen-bond donors (Lipinski definition) is 2. The van der Waals surface area contributed by atoms with E-state index in [1.165, 1.54) is 4.88 Å². The summed E-state index contributed by atoms with van der Waals surface area (Å²) in [6.45, 7) is 0. The highest BCUT2D eigenvalue weighted by atomic mass is 32.1. The molecule has 0 saturated carbocycles. The Balaban J connectivity index is 1.86. The van der Waals surface area contributed by atoms with Crippen LogP contribution in [0.4, 0.5) is 5.82 Å². The largest absolute Gasteiger partial charge is 0.383 e. The fourth-order valence-electron chi connectivity index (χ4n) is 1.47. The van der Waals surface area contributed by atoms with Crippen LogP contribution < -0.4 is 5.73 Å². The molecule has 0 aliphatic heterocycles. The number of rotatable bonds is 3. The number of aromatic amines is 1. The van der Waals surface area contributed by atoms with Crippen molar-refractivity contribution in [3.8, 4) is 11.5 Å². The Morgan fingerprint density at radius 1 is 1.47 bits per heavy atom. The first-order valence-corrected chi connectivity index (χ1v) is 5.85. The van der Waals surface area contributed by atoms with Crippen LogP contribution in [0.25, 0.3) is 11.5 Å². The first kappa shape index (κ1) is 10.0. The Kier molecular flexibility index (Phi) is 2.37. The Morgan fingerprint density at radius 2 is 2.41 bits per heavy atom. The average molecular weight is 247 g/mol. The van der Waals surface area contributed by atoms with Gasteiger partial charge in [0.2, 0.25) is 0 Å². The normalized spacial score (nSPS) is 10.8.